The Bertz CT molecular complexity index is 1070. The summed E-state index contributed by atoms with van der Waals surface area (Å²) in [5.41, 5.74) is 0.946. The molecule has 0 fully saturated rings. The van der Waals surface area contributed by atoms with E-state index in [1.807, 2.05) is 36.4 Å². The average molecular weight is 384 g/mol. The van der Waals surface area contributed by atoms with Crippen molar-refractivity contribution in [1.29, 1.82) is 0 Å². The first-order valence-electron chi connectivity index (χ1n) is 8.28. The number of benzene rings is 3. The van der Waals surface area contributed by atoms with Gasteiger partial charge in [0.05, 0.1) is 19.1 Å². The van der Waals surface area contributed by atoms with Gasteiger partial charge in [-0.25, -0.2) is 8.42 Å². The number of amides is 1. The maximum absolute atomic E-state index is 12.6. The van der Waals surface area contributed by atoms with Crippen LogP contribution in [-0.4, -0.2) is 34.2 Å². The largest absolute Gasteiger partial charge is 0.495 e. The van der Waals surface area contributed by atoms with Crippen LogP contribution in [0.4, 0.5) is 11.4 Å². The molecule has 0 radical (unpaired) electrons. The van der Waals surface area contributed by atoms with Crippen molar-refractivity contribution >= 4 is 38.1 Å². The Morgan fingerprint density at radius 3 is 2.41 bits per heavy atom. The number of nitrogens with zero attached hydrogens (tertiary/aromatic N) is 1. The summed E-state index contributed by atoms with van der Waals surface area (Å²) in [5.74, 6) is -0.0661. The number of carbonyl (C=O) groups excluding carboxylic acids is 1. The predicted octanol–water partition coefficient (Wildman–Crippen LogP) is 3.25. The zero-order chi connectivity index (χ0) is 19.4. The Kier molecular flexibility index (Phi) is 5.32. The van der Waals surface area contributed by atoms with E-state index < -0.39 is 15.9 Å². The highest BCUT2D eigenvalue weighted by Gasteiger charge is 2.24. The second kappa shape index (κ2) is 7.67. The number of para-hydroxylation sites is 2. The standard InChI is InChI=1S/C20H20N2O4S/c1-26-19-13-6-5-12-18(19)22(27(2,24)25)14-20(23)21-17-11-7-9-15-8-3-4-10-16(15)17/h3-13H,14H2,1-2H3,(H,21,23). The van der Waals surface area contributed by atoms with E-state index in [1.165, 1.54) is 7.11 Å². The summed E-state index contributed by atoms with van der Waals surface area (Å²) in [6.07, 6.45) is 1.06. The number of rotatable bonds is 6. The molecule has 0 aromatic heterocycles. The molecule has 1 amide bonds. The van der Waals surface area contributed by atoms with Gasteiger partial charge in [0.1, 0.15) is 12.3 Å². The minimum atomic E-state index is -3.69. The Balaban J connectivity index is 1.89. The van der Waals surface area contributed by atoms with E-state index in [9.17, 15) is 13.2 Å². The zero-order valence-corrected chi connectivity index (χ0v) is 15.9. The molecular weight excluding hydrogens is 364 g/mol. The van der Waals surface area contributed by atoms with Gasteiger partial charge in [-0.05, 0) is 23.6 Å². The van der Waals surface area contributed by atoms with Gasteiger partial charge in [0, 0.05) is 11.1 Å². The summed E-state index contributed by atoms with van der Waals surface area (Å²) in [5, 5.41) is 4.68. The third-order valence-corrected chi connectivity index (χ3v) is 5.23. The van der Waals surface area contributed by atoms with E-state index in [4.69, 9.17) is 4.74 Å². The predicted molar refractivity (Wildman–Crippen MR) is 108 cm³/mol. The highest BCUT2D eigenvalue weighted by molar-refractivity contribution is 7.92. The summed E-state index contributed by atoms with van der Waals surface area (Å²) in [7, 11) is -2.23. The fourth-order valence-corrected chi connectivity index (χ4v) is 3.73. The van der Waals surface area contributed by atoms with Gasteiger partial charge in [-0.15, -0.1) is 0 Å². The van der Waals surface area contributed by atoms with E-state index in [0.29, 0.717) is 17.1 Å². The first-order valence-corrected chi connectivity index (χ1v) is 10.1. The Morgan fingerprint density at radius 2 is 1.67 bits per heavy atom. The van der Waals surface area contributed by atoms with Crippen LogP contribution < -0.4 is 14.4 Å². The number of nitrogens with one attached hydrogen (secondary N) is 1. The van der Waals surface area contributed by atoms with Crippen LogP contribution in [0.25, 0.3) is 10.8 Å². The minimum Gasteiger partial charge on any atom is -0.495 e. The number of methoxy groups -OCH3 is 1. The van der Waals surface area contributed by atoms with Crippen LogP contribution in [0.2, 0.25) is 0 Å². The van der Waals surface area contributed by atoms with Gasteiger partial charge in [-0.3, -0.25) is 9.10 Å². The van der Waals surface area contributed by atoms with Crippen molar-refractivity contribution in [3.63, 3.8) is 0 Å². The molecule has 0 saturated carbocycles. The quantitative estimate of drug-likeness (QED) is 0.708. The number of carbonyl (C=O) groups is 1. The van der Waals surface area contributed by atoms with Crippen molar-refractivity contribution in [2.75, 3.05) is 29.5 Å². The lowest BCUT2D eigenvalue weighted by molar-refractivity contribution is -0.114. The van der Waals surface area contributed by atoms with Crippen molar-refractivity contribution in [3.8, 4) is 5.75 Å². The van der Waals surface area contributed by atoms with E-state index in [-0.39, 0.29) is 6.54 Å². The van der Waals surface area contributed by atoms with Crippen LogP contribution in [0.3, 0.4) is 0 Å². The first kappa shape index (κ1) is 18.7. The van der Waals surface area contributed by atoms with Gasteiger partial charge in [0.2, 0.25) is 15.9 Å². The fourth-order valence-electron chi connectivity index (χ4n) is 2.87. The van der Waals surface area contributed by atoms with Crippen molar-refractivity contribution in [2.45, 2.75) is 0 Å². The second-order valence-corrected chi connectivity index (χ2v) is 7.92. The van der Waals surface area contributed by atoms with Crippen LogP contribution >= 0.6 is 0 Å². The summed E-state index contributed by atoms with van der Waals surface area (Å²) >= 11 is 0. The third-order valence-electron chi connectivity index (χ3n) is 4.11. The number of sulfonamides is 1. The lowest BCUT2D eigenvalue weighted by atomic mass is 10.1. The van der Waals surface area contributed by atoms with Gasteiger partial charge in [0.15, 0.2) is 0 Å². The summed E-state index contributed by atoms with van der Waals surface area (Å²) in [6.45, 7) is -0.359. The second-order valence-electron chi connectivity index (χ2n) is 6.02. The van der Waals surface area contributed by atoms with Gasteiger partial charge in [-0.2, -0.15) is 0 Å². The molecule has 0 spiro atoms. The molecule has 6 nitrogen and oxygen atoms in total. The average Bonchev–Trinajstić information content (AvgIpc) is 2.65. The molecule has 0 heterocycles. The van der Waals surface area contributed by atoms with E-state index in [0.717, 1.165) is 21.3 Å². The normalized spacial score (nSPS) is 11.2. The van der Waals surface area contributed by atoms with E-state index >= 15 is 0 Å². The Morgan fingerprint density at radius 1 is 1.00 bits per heavy atom. The topological polar surface area (TPSA) is 75.7 Å². The van der Waals surface area contributed by atoms with Crippen LogP contribution in [0, 0.1) is 0 Å². The van der Waals surface area contributed by atoms with Crippen molar-refractivity contribution in [1.82, 2.24) is 0 Å². The molecule has 140 valence electrons. The number of hydrogen-bond donors (Lipinski definition) is 1. The maximum atomic E-state index is 12.6. The number of hydrogen-bond acceptors (Lipinski definition) is 4. The van der Waals surface area contributed by atoms with Crippen LogP contribution in [0.1, 0.15) is 0 Å². The molecule has 7 heteroatoms. The maximum Gasteiger partial charge on any atom is 0.245 e. The molecule has 0 aliphatic heterocycles. The minimum absolute atomic E-state index is 0.315. The molecule has 27 heavy (non-hydrogen) atoms. The highest BCUT2D eigenvalue weighted by atomic mass is 32.2. The molecule has 0 saturated heterocycles. The van der Waals surface area contributed by atoms with Gasteiger partial charge in [-0.1, -0.05) is 48.5 Å². The smallest absolute Gasteiger partial charge is 0.245 e. The molecule has 3 aromatic rings. The molecule has 0 bridgehead atoms. The number of fused-ring (bicyclic) bond motifs is 1. The van der Waals surface area contributed by atoms with Crippen LogP contribution in [0.5, 0.6) is 5.75 Å². The van der Waals surface area contributed by atoms with Gasteiger partial charge >= 0.3 is 0 Å². The molecule has 3 aromatic carbocycles. The van der Waals surface area contributed by atoms with Gasteiger partial charge < -0.3 is 10.1 Å². The van der Waals surface area contributed by atoms with E-state index in [2.05, 4.69) is 5.32 Å². The molecule has 0 unspecified atom stereocenters. The molecular formula is C20H20N2O4S. The van der Waals surface area contributed by atoms with E-state index in [1.54, 1.807) is 30.3 Å². The molecule has 0 aliphatic carbocycles. The molecule has 0 atom stereocenters. The molecule has 1 N–H and O–H groups in total. The van der Waals surface area contributed by atoms with Crippen molar-refractivity contribution in [3.05, 3.63) is 66.7 Å². The highest BCUT2D eigenvalue weighted by Crippen LogP contribution is 2.29. The van der Waals surface area contributed by atoms with Crippen LogP contribution in [0.15, 0.2) is 66.7 Å². The summed E-state index contributed by atoms with van der Waals surface area (Å²) in [6, 6.07) is 19.9. The third kappa shape index (κ3) is 4.20. The number of ether oxygens (including phenoxy) is 1. The summed E-state index contributed by atoms with van der Waals surface area (Å²) in [4.78, 5) is 12.6. The lowest BCUT2D eigenvalue weighted by Gasteiger charge is -2.23. The zero-order valence-electron chi connectivity index (χ0n) is 15.0. The summed E-state index contributed by atoms with van der Waals surface area (Å²) < 4.78 is 30.9. The Hall–Kier alpha value is -3.06. The molecule has 0 aliphatic rings. The SMILES string of the molecule is COc1ccccc1N(CC(=O)Nc1cccc2ccccc12)S(C)(=O)=O. The van der Waals surface area contributed by atoms with Crippen LogP contribution in [-0.2, 0) is 14.8 Å². The monoisotopic (exact) mass is 384 g/mol. The Labute approximate surface area is 158 Å². The number of anilines is 2. The van der Waals surface area contributed by atoms with Crippen molar-refractivity contribution in [2.24, 2.45) is 0 Å². The lowest BCUT2D eigenvalue weighted by Crippen LogP contribution is -2.37. The fraction of sp³-hybridized carbons (Fsp3) is 0.150. The molecule has 3 rings (SSSR count). The first-order chi connectivity index (χ1) is 12.9. The van der Waals surface area contributed by atoms with Crippen molar-refractivity contribution < 1.29 is 17.9 Å². The van der Waals surface area contributed by atoms with Gasteiger partial charge in [0.25, 0.3) is 0 Å².